The van der Waals surface area contributed by atoms with Crippen molar-refractivity contribution in [1.82, 2.24) is 5.32 Å². The van der Waals surface area contributed by atoms with Gasteiger partial charge in [0.25, 0.3) is 0 Å². The van der Waals surface area contributed by atoms with Gasteiger partial charge >= 0.3 is 0 Å². The van der Waals surface area contributed by atoms with E-state index in [1.54, 1.807) is 0 Å². The Kier molecular flexibility index (Phi) is 8.06. The molecule has 0 aromatic rings. The van der Waals surface area contributed by atoms with Crippen molar-refractivity contribution in [3.63, 3.8) is 0 Å². The number of unbranched alkanes of at least 4 members (excludes halogenated alkanes) is 2. The molecule has 0 aromatic heterocycles. The summed E-state index contributed by atoms with van der Waals surface area (Å²) in [5.74, 6) is 0. The first kappa shape index (κ1) is 16.9. The lowest BCUT2D eigenvalue weighted by molar-refractivity contribution is 0.284. The number of nitrogens with two attached hydrogens (primary N) is 1. The van der Waals surface area contributed by atoms with Crippen molar-refractivity contribution in [2.45, 2.75) is 78.7 Å². The highest BCUT2D eigenvalue weighted by Gasteiger charge is 2.20. The Labute approximate surface area is 109 Å². The van der Waals surface area contributed by atoms with Crippen LogP contribution in [-0.2, 0) is 0 Å². The van der Waals surface area contributed by atoms with E-state index in [9.17, 15) is 0 Å². The van der Waals surface area contributed by atoms with E-state index in [1.165, 1.54) is 25.7 Å². The van der Waals surface area contributed by atoms with Gasteiger partial charge in [-0.2, -0.15) is 0 Å². The van der Waals surface area contributed by atoms with Crippen LogP contribution in [0.4, 0.5) is 0 Å². The molecule has 0 rings (SSSR count). The summed E-state index contributed by atoms with van der Waals surface area (Å²) in [6, 6.07) is 0. The molecule has 2 heteroatoms. The van der Waals surface area contributed by atoms with Crippen LogP contribution in [0.5, 0.6) is 0 Å². The van der Waals surface area contributed by atoms with Gasteiger partial charge in [0.05, 0.1) is 0 Å². The van der Waals surface area contributed by atoms with Gasteiger partial charge in [0.15, 0.2) is 0 Å². The highest BCUT2D eigenvalue weighted by atomic mass is 14.9. The fourth-order valence-electron chi connectivity index (χ4n) is 2.29. The van der Waals surface area contributed by atoms with Gasteiger partial charge in [-0.1, -0.05) is 53.4 Å². The summed E-state index contributed by atoms with van der Waals surface area (Å²) >= 11 is 0. The number of rotatable bonds is 10. The highest BCUT2D eigenvalue weighted by molar-refractivity contribution is 4.82. The van der Waals surface area contributed by atoms with Crippen LogP contribution in [-0.4, -0.2) is 18.6 Å². The van der Waals surface area contributed by atoms with Crippen LogP contribution in [0.15, 0.2) is 0 Å². The summed E-state index contributed by atoms with van der Waals surface area (Å²) in [5.41, 5.74) is 6.57. The number of hydrogen-bond donors (Lipinski definition) is 2. The van der Waals surface area contributed by atoms with Crippen LogP contribution in [0.1, 0.15) is 73.1 Å². The van der Waals surface area contributed by atoms with E-state index in [2.05, 4.69) is 39.9 Å². The van der Waals surface area contributed by atoms with Crippen molar-refractivity contribution < 1.29 is 0 Å². The molecule has 0 bridgehead atoms. The topological polar surface area (TPSA) is 38.0 Å². The van der Waals surface area contributed by atoms with Gasteiger partial charge in [-0.3, -0.25) is 0 Å². The zero-order valence-corrected chi connectivity index (χ0v) is 12.7. The first-order chi connectivity index (χ1) is 7.83. The average Bonchev–Trinajstić information content (AvgIpc) is 2.16. The zero-order chi connectivity index (χ0) is 13.4. The van der Waals surface area contributed by atoms with Gasteiger partial charge in [-0.15, -0.1) is 0 Å². The second-order valence-corrected chi connectivity index (χ2v) is 6.63. The van der Waals surface area contributed by atoms with Crippen LogP contribution in [0.3, 0.4) is 0 Å². The lowest BCUT2D eigenvalue weighted by Crippen LogP contribution is -2.47. The van der Waals surface area contributed by atoms with Gasteiger partial charge in [0, 0.05) is 18.6 Å². The van der Waals surface area contributed by atoms with Crippen molar-refractivity contribution in [2.24, 2.45) is 11.1 Å². The molecule has 0 amide bonds. The van der Waals surface area contributed by atoms with Crippen LogP contribution < -0.4 is 11.1 Å². The SMILES string of the molecule is CCCCCC(C)(C)CNCC(C)(N)CCC. The third-order valence-corrected chi connectivity index (χ3v) is 3.41. The third-order valence-electron chi connectivity index (χ3n) is 3.41. The molecule has 0 heterocycles. The molecule has 1 atom stereocenters. The third kappa shape index (κ3) is 9.61. The Morgan fingerprint density at radius 1 is 0.882 bits per heavy atom. The first-order valence-electron chi connectivity index (χ1n) is 7.32. The summed E-state index contributed by atoms with van der Waals surface area (Å²) in [5, 5.41) is 3.55. The maximum absolute atomic E-state index is 6.22. The molecule has 3 N–H and O–H groups in total. The molecular formula is C15H34N2. The molecule has 0 aliphatic rings. The normalized spacial score (nSPS) is 15.9. The summed E-state index contributed by atoms with van der Waals surface area (Å²) in [6.07, 6.45) is 7.57. The standard InChI is InChI=1S/C15H34N2/c1-6-8-9-11-14(3,4)12-17-13-15(5,16)10-7-2/h17H,6-13,16H2,1-5H3. The molecule has 0 aliphatic heterocycles. The monoisotopic (exact) mass is 242 g/mol. The molecule has 0 spiro atoms. The Morgan fingerprint density at radius 3 is 2.06 bits per heavy atom. The largest absolute Gasteiger partial charge is 0.324 e. The van der Waals surface area contributed by atoms with E-state index in [0.717, 1.165) is 25.9 Å². The van der Waals surface area contributed by atoms with E-state index in [-0.39, 0.29) is 5.54 Å². The minimum Gasteiger partial charge on any atom is -0.324 e. The molecule has 104 valence electrons. The molecule has 0 radical (unpaired) electrons. The minimum atomic E-state index is -0.0474. The van der Waals surface area contributed by atoms with E-state index in [0.29, 0.717) is 5.41 Å². The number of nitrogens with one attached hydrogen (secondary N) is 1. The van der Waals surface area contributed by atoms with Gasteiger partial charge < -0.3 is 11.1 Å². The predicted octanol–water partition coefficient (Wildman–Crippen LogP) is 3.70. The summed E-state index contributed by atoms with van der Waals surface area (Å²) in [7, 11) is 0. The van der Waals surface area contributed by atoms with Gasteiger partial charge in [-0.05, 0) is 25.2 Å². The molecular weight excluding hydrogens is 208 g/mol. The molecule has 1 unspecified atom stereocenters. The Morgan fingerprint density at radius 2 is 1.53 bits per heavy atom. The lowest BCUT2D eigenvalue weighted by atomic mass is 9.86. The van der Waals surface area contributed by atoms with Crippen LogP contribution in [0.25, 0.3) is 0 Å². The Hall–Kier alpha value is -0.0800. The van der Waals surface area contributed by atoms with Crippen molar-refractivity contribution in [3.8, 4) is 0 Å². The van der Waals surface area contributed by atoms with Crippen molar-refractivity contribution >= 4 is 0 Å². The van der Waals surface area contributed by atoms with Gasteiger partial charge in [0.1, 0.15) is 0 Å². The van der Waals surface area contributed by atoms with E-state index < -0.39 is 0 Å². The molecule has 0 aliphatic carbocycles. The summed E-state index contributed by atoms with van der Waals surface area (Å²) in [6.45, 7) is 13.3. The highest BCUT2D eigenvalue weighted by Crippen LogP contribution is 2.22. The summed E-state index contributed by atoms with van der Waals surface area (Å²) in [4.78, 5) is 0. The quantitative estimate of drug-likeness (QED) is 0.573. The fraction of sp³-hybridized carbons (Fsp3) is 1.00. The lowest BCUT2D eigenvalue weighted by Gasteiger charge is -2.29. The van der Waals surface area contributed by atoms with Gasteiger partial charge in [0.2, 0.25) is 0 Å². The smallest absolute Gasteiger partial charge is 0.0252 e. The zero-order valence-electron chi connectivity index (χ0n) is 12.7. The maximum Gasteiger partial charge on any atom is 0.0252 e. The van der Waals surface area contributed by atoms with Crippen molar-refractivity contribution in [1.29, 1.82) is 0 Å². The van der Waals surface area contributed by atoms with Crippen LogP contribution in [0.2, 0.25) is 0 Å². The van der Waals surface area contributed by atoms with Crippen molar-refractivity contribution in [3.05, 3.63) is 0 Å². The van der Waals surface area contributed by atoms with Gasteiger partial charge in [-0.25, -0.2) is 0 Å². The first-order valence-corrected chi connectivity index (χ1v) is 7.32. The fourth-order valence-corrected chi connectivity index (χ4v) is 2.29. The van der Waals surface area contributed by atoms with Crippen molar-refractivity contribution in [2.75, 3.05) is 13.1 Å². The van der Waals surface area contributed by atoms with E-state index in [1.807, 2.05) is 0 Å². The van der Waals surface area contributed by atoms with E-state index in [4.69, 9.17) is 5.73 Å². The maximum atomic E-state index is 6.22. The molecule has 0 fully saturated rings. The Balaban J connectivity index is 3.77. The minimum absolute atomic E-state index is 0.0474. The second kappa shape index (κ2) is 8.10. The van der Waals surface area contributed by atoms with E-state index >= 15 is 0 Å². The molecule has 0 saturated heterocycles. The van der Waals surface area contributed by atoms with Crippen LogP contribution in [0, 0.1) is 5.41 Å². The summed E-state index contributed by atoms with van der Waals surface area (Å²) < 4.78 is 0. The molecule has 2 nitrogen and oxygen atoms in total. The second-order valence-electron chi connectivity index (χ2n) is 6.63. The number of hydrogen-bond acceptors (Lipinski definition) is 2. The molecule has 17 heavy (non-hydrogen) atoms. The average molecular weight is 242 g/mol. The predicted molar refractivity (Wildman–Crippen MR) is 78.3 cm³/mol. The van der Waals surface area contributed by atoms with Crippen LogP contribution >= 0.6 is 0 Å². The molecule has 0 saturated carbocycles. The Bertz CT molecular complexity index is 185. The molecule has 0 aromatic carbocycles.